The molecule has 136 valence electrons. The van der Waals surface area contributed by atoms with Crippen molar-refractivity contribution in [3.05, 3.63) is 35.9 Å². The van der Waals surface area contributed by atoms with Crippen LogP contribution in [0.5, 0.6) is 0 Å². The second kappa shape index (κ2) is 8.48. The van der Waals surface area contributed by atoms with Gasteiger partial charge in [-0.1, -0.05) is 18.2 Å². The van der Waals surface area contributed by atoms with Crippen LogP contribution in [0.2, 0.25) is 0 Å². The van der Waals surface area contributed by atoms with Crippen molar-refractivity contribution < 1.29 is 14.7 Å². The summed E-state index contributed by atoms with van der Waals surface area (Å²) in [7, 11) is 0. The van der Waals surface area contributed by atoms with Crippen molar-refractivity contribution >= 4 is 11.8 Å². The predicted octanol–water partition coefficient (Wildman–Crippen LogP) is 2.30. The number of hydrogen-bond acceptors (Lipinski definition) is 3. The lowest BCUT2D eigenvalue weighted by Crippen LogP contribution is -2.51. The number of carbonyl (C=O) groups excluding carboxylic acids is 2. The zero-order valence-electron chi connectivity index (χ0n) is 14.8. The third-order valence-corrected chi connectivity index (χ3v) is 5.45. The first-order valence-electron chi connectivity index (χ1n) is 9.46. The molecule has 2 saturated heterocycles. The van der Waals surface area contributed by atoms with E-state index < -0.39 is 0 Å². The molecule has 2 atom stereocenters. The van der Waals surface area contributed by atoms with Gasteiger partial charge in [0.15, 0.2) is 0 Å². The number of benzene rings is 1. The minimum absolute atomic E-state index is 0.0173. The number of amides is 2. The first-order valence-corrected chi connectivity index (χ1v) is 9.46. The molecule has 3 rings (SSSR count). The van der Waals surface area contributed by atoms with Crippen LogP contribution in [-0.2, 0) is 4.79 Å². The Morgan fingerprint density at radius 1 is 1.04 bits per heavy atom. The Labute approximate surface area is 149 Å². The van der Waals surface area contributed by atoms with Crippen LogP contribution in [0.15, 0.2) is 30.3 Å². The Bertz CT molecular complexity index is 588. The van der Waals surface area contributed by atoms with Gasteiger partial charge in [0.2, 0.25) is 5.91 Å². The molecule has 0 spiro atoms. The molecule has 5 heteroatoms. The van der Waals surface area contributed by atoms with Gasteiger partial charge in [-0.25, -0.2) is 0 Å². The van der Waals surface area contributed by atoms with E-state index in [4.69, 9.17) is 0 Å². The smallest absolute Gasteiger partial charge is 0.253 e. The SMILES string of the molecule is O=C(c1ccccc1)N1CCCC(C(=O)N2CCCCC2CCO)C1. The molecule has 0 radical (unpaired) electrons. The molecule has 2 aliphatic heterocycles. The van der Waals surface area contributed by atoms with E-state index in [2.05, 4.69) is 0 Å². The number of nitrogens with zero attached hydrogens (tertiary/aromatic N) is 2. The molecule has 5 nitrogen and oxygen atoms in total. The summed E-state index contributed by atoms with van der Waals surface area (Å²) < 4.78 is 0. The number of piperidine rings is 2. The molecular formula is C20H28N2O3. The molecule has 1 N–H and O–H groups in total. The summed E-state index contributed by atoms with van der Waals surface area (Å²) in [5.74, 6) is 0.0769. The van der Waals surface area contributed by atoms with E-state index in [-0.39, 0.29) is 30.4 Å². The topological polar surface area (TPSA) is 60.9 Å². The Kier molecular flexibility index (Phi) is 6.08. The highest BCUT2D eigenvalue weighted by Gasteiger charge is 2.34. The third kappa shape index (κ3) is 4.21. The summed E-state index contributed by atoms with van der Waals surface area (Å²) in [6.07, 6.45) is 5.51. The van der Waals surface area contributed by atoms with Gasteiger partial charge in [-0.3, -0.25) is 9.59 Å². The monoisotopic (exact) mass is 344 g/mol. The number of hydrogen-bond donors (Lipinski definition) is 1. The zero-order chi connectivity index (χ0) is 17.6. The van der Waals surface area contributed by atoms with Gasteiger partial charge in [0, 0.05) is 37.8 Å². The lowest BCUT2D eigenvalue weighted by Gasteiger charge is -2.40. The van der Waals surface area contributed by atoms with Crippen molar-refractivity contribution in [2.24, 2.45) is 5.92 Å². The van der Waals surface area contributed by atoms with Gasteiger partial charge in [0.25, 0.3) is 5.91 Å². The summed E-state index contributed by atoms with van der Waals surface area (Å²) in [5, 5.41) is 9.28. The Hall–Kier alpha value is -1.88. The molecule has 2 amide bonds. The Morgan fingerprint density at radius 2 is 1.84 bits per heavy atom. The lowest BCUT2D eigenvalue weighted by atomic mass is 9.92. The van der Waals surface area contributed by atoms with Gasteiger partial charge >= 0.3 is 0 Å². The van der Waals surface area contributed by atoms with Crippen molar-refractivity contribution in [3.63, 3.8) is 0 Å². The molecule has 0 bridgehead atoms. The van der Waals surface area contributed by atoms with Crippen LogP contribution < -0.4 is 0 Å². The average molecular weight is 344 g/mol. The molecule has 2 heterocycles. The lowest BCUT2D eigenvalue weighted by molar-refractivity contribution is -0.141. The summed E-state index contributed by atoms with van der Waals surface area (Å²) in [4.78, 5) is 29.5. The molecule has 0 aliphatic carbocycles. The fourth-order valence-electron chi connectivity index (χ4n) is 4.10. The van der Waals surface area contributed by atoms with Crippen LogP contribution in [0, 0.1) is 5.92 Å². The summed E-state index contributed by atoms with van der Waals surface area (Å²) in [6.45, 7) is 2.14. The highest BCUT2D eigenvalue weighted by atomic mass is 16.3. The van der Waals surface area contributed by atoms with Gasteiger partial charge in [0.1, 0.15) is 0 Å². The maximum atomic E-state index is 13.0. The van der Waals surface area contributed by atoms with E-state index in [9.17, 15) is 14.7 Å². The normalized spacial score (nSPS) is 24.2. The van der Waals surface area contributed by atoms with Gasteiger partial charge in [0.05, 0.1) is 5.92 Å². The van der Waals surface area contributed by atoms with Gasteiger partial charge in [-0.2, -0.15) is 0 Å². The number of aliphatic hydroxyl groups excluding tert-OH is 1. The number of rotatable bonds is 4. The summed E-state index contributed by atoms with van der Waals surface area (Å²) >= 11 is 0. The van der Waals surface area contributed by atoms with E-state index in [0.717, 1.165) is 45.2 Å². The minimum Gasteiger partial charge on any atom is -0.396 e. The van der Waals surface area contributed by atoms with Gasteiger partial charge in [-0.05, 0) is 50.7 Å². The molecule has 25 heavy (non-hydrogen) atoms. The van der Waals surface area contributed by atoms with E-state index in [0.29, 0.717) is 18.5 Å². The highest BCUT2D eigenvalue weighted by Crippen LogP contribution is 2.26. The van der Waals surface area contributed by atoms with E-state index in [1.54, 1.807) is 0 Å². The van der Waals surface area contributed by atoms with Crippen LogP contribution in [0.25, 0.3) is 0 Å². The Morgan fingerprint density at radius 3 is 2.60 bits per heavy atom. The molecule has 0 aromatic heterocycles. The maximum absolute atomic E-state index is 13.0. The van der Waals surface area contributed by atoms with Crippen LogP contribution >= 0.6 is 0 Å². The summed E-state index contributed by atoms with van der Waals surface area (Å²) in [6, 6.07) is 9.45. The van der Waals surface area contributed by atoms with Crippen molar-refractivity contribution in [1.82, 2.24) is 9.80 Å². The zero-order valence-corrected chi connectivity index (χ0v) is 14.8. The molecule has 2 unspecified atom stereocenters. The average Bonchev–Trinajstić information content (AvgIpc) is 2.68. The van der Waals surface area contributed by atoms with Crippen molar-refractivity contribution in [2.75, 3.05) is 26.2 Å². The number of likely N-dealkylation sites (tertiary alicyclic amines) is 2. The van der Waals surface area contributed by atoms with E-state index >= 15 is 0 Å². The quantitative estimate of drug-likeness (QED) is 0.912. The fourth-order valence-corrected chi connectivity index (χ4v) is 4.10. The van der Waals surface area contributed by atoms with Crippen molar-refractivity contribution in [2.45, 2.75) is 44.6 Å². The minimum atomic E-state index is -0.110. The Balaban J connectivity index is 1.66. The van der Waals surface area contributed by atoms with Gasteiger partial charge < -0.3 is 14.9 Å². The molecule has 1 aromatic rings. The molecule has 0 saturated carbocycles. The second-order valence-electron chi connectivity index (χ2n) is 7.15. The fraction of sp³-hybridized carbons (Fsp3) is 0.600. The third-order valence-electron chi connectivity index (χ3n) is 5.45. The maximum Gasteiger partial charge on any atom is 0.253 e. The van der Waals surface area contributed by atoms with Crippen LogP contribution in [0.4, 0.5) is 0 Å². The first-order chi connectivity index (χ1) is 12.2. The number of carbonyl (C=O) groups is 2. The highest BCUT2D eigenvalue weighted by molar-refractivity contribution is 5.94. The van der Waals surface area contributed by atoms with E-state index in [1.807, 2.05) is 40.1 Å². The largest absolute Gasteiger partial charge is 0.396 e. The van der Waals surface area contributed by atoms with E-state index in [1.165, 1.54) is 0 Å². The molecular weight excluding hydrogens is 316 g/mol. The van der Waals surface area contributed by atoms with Crippen molar-refractivity contribution in [1.29, 1.82) is 0 Å². The standard InChI is InChI=1S/C20H28N2O3/c23-14-11-18-10-4-5-13-22(18)20(25)17-9-6-12-21(15-17)19(24)16-7-2-1-3-8-16/h1-3,7-8,17-18,23H,4-6,9-15H2. The molecule has 1 aromatic carbocycles. The van der Waals surface area contributed by atoms with Crippen molar-refractivity contribution in [3.8, 4) is 0 Å². The molecule has 2 aliphatic rings. The first kappa shape index (κ1) is 17.9. The van der Waals surface area contributed by atoms with Crippen LogP contribution in [0.1, 0.15) is 48.9 Å². The number of aliphatic hydroxyl groups is 1. The van der Waals surface area contributed by atoms with Crippen LogP contribution in [-0.4, -0.2) is 59.0 Å². The van der Waals surface area contributed by atoms with Gasteiger partial charge in [-0.15, -0.1) is 0 Å². The summed E-state index contributed by atoms with van der Waals surface area (Å²) in [5.41, 5.74) is 0.687. The predicted molar refractivity (Wildman–Crippen MR) is 96.1 cm³/mol. The van der Waals surface area contributed by atoms with Crippen LogP contribution in [0.3, 0.4) is 0 Å². The second-order valence-corrected chi connectivity index (χ2v) is 7.15. The molecule has 2 fully saturated rings.